The first-order valence-electron chi connectivity index (χ1n) is 5.01. The molecule has 0 saturated carbocycles. The summed E-state index contributed by atoms with van der Waals surface area (Å²) >= 11 is 0. The van der Waals surface area contributed by atoms with Crippen LogP contribution in [0.5, 0.6) is 5.88 Å². The van der Waals surface area contributed by atoms with Crippen LogP contribution in [-0.2, 0) is 0 Å². The van der Waals surface area contributed by atoms with Crippen LogP contribution in [-0.4, -0.2) is 40.3 Å². The van der Waals surface area contributed by atoms with E-state index in [1.165, 1.54) is 11.1 Å². The Balaban J connectivity index is 1.92. The van der Waals surface area contributed by atoms with Crippen LogP contribution in [0.25, 0.3) is 0 Å². The number of hydrogen-bond donors (Lipinski definition) is 2. The Morgan fingerprint density at radius 2 is 2.44 bits per heavy atom. The summed E-state index contributed by atoms with van der Waals surface area (Å²) in [6.07, 6.45) is 1.18. The third-order valence-corrected chi connectivity index (χ3v) is 2.46. The Hall–Kier alpha value is -1.98. The molecular formula is C10H13N3O3. The number of nitrogens with zero attached hydrogens (tertiary/aromatic N) is 2. The molecule has 3 N–H and O–H groups in total. The van der Waals surface area contributed by atoms with E-state index < -0.39 is 6.09 Å². The van der Waals surface area contributed by atoms with E-state index >= 15 is 0 Å². The van der Waals surface area contributed by atoms with Crippen molar-refractivity contribution in [3.8, 4) is 5.88 Å². The van der Waals surface area contributed by atoms with Crippen molar-refractivity contribution >= 4 is 11.8 Å². The van der Waals surface area contributed by atoms with E-state index in [9.17, 15) is 4.79 Å². The summed E-state index contributed by atoms with van der Waals surface area (Å²) in [5, 5.41) is 8.77. The third-order valence-electron chi connectivity index (χ3n) is 2.46. The number of aromatic nitrogens is 1. The molecule has 86 valence electrons. The predicted octanol–water partition coefficient (Wildman–Crippen LogP) is 0.795. The van der Waals surface area contributed by atoms with Gasteiger partial charge in [-0.25, -0.2) is 9.78 Å². The van der Waals surface area contributed by atoms with E-state index in [1.54, 1.807) is 12.1 Å². The average Bonchev–Trinajstić information content (AvgIpc) is 2.70. The van der Waals surface area contributed by atoms with Gasteiger partial charge in [0.25, 0.3) is 0 Å². The van der Waals surface area contributed by atoms with Crippen LogP contribution in [0.15, 0.2) is 18.3 Å². The lowest BCUT2D eigenvalue weighted by molar-refractivity contribution is 0.144. The Bertz CT molecular complexity index is 379. The molecule has 0 bridgehead atoms. The quantitative estimate of drug-likeness (QED) is 0.774. The van der Waals surface area contributed by atoms with Gasteiger partial charge in [0, 0.05) is 19.0 Å². The van der Waals surface area contributed by atoms with Crippen LogP contribution in [0.2, 0.25) is 0 Å². The minimum atomic E-state index is -0.906. The van der Waals surface area contributed by atoms with Gasteiger partial charge in [-0.1, -0.05) is 0 Å². The van der Waals surface area contributed by atoms with Crippen LogP contribution in [0.4, 0.5) is 10.5 Å². The molecule has 2 rings (SSSR count). The van der Waals surface area contributed by atoms with Gasteiger partial charge >= 0.3 is 6.09 Å². The standard InChI is InChI=1S/C10H13N3O3/c11-7-1-2-9(12-5-7)16-8-3-4-13(6-8)10(14)15/h1-2,5,8H,3-4,6,11H2,(H,14,15). The first-order valence-corrected chi connectivity index (χ1v) is 5.01. The van der Waals surface area contributed by atoms with Gasteiger partial charge in [-0.15, -0.1) is 0 Å². The van der Waals surface area contributed by atoms with Gasteiger partial charge in [-0.3, -0.25) is 0 Å². The maximum Gasteiger partial charge on any atom is 0.407 e. The number of anilines is 1. The SMILES string of the molecule is Nc1ccc(OC2CCN(C(=O)O)C2)nc1. The minimum Gasteiger partial charge on any atom is -0.472 e. The van der Waals surface area contributed by atoms with Crippen molar-refractivity contribution < 1.29 is 14.6 Å². The predicted molar refractivity (Wildman–Crippen MR) is 57.3 cm³/mol. The number of carbonyl (C=O) groups is 1. The van der Waals surface area contributed by atoms with Crippen molar-refractivity contribution in [3.63, 3.8) is 0 Å². The number of pyridine rings is 1. The molecule has 0 aromatic carbocycles. The van der Waals surface area contributed by atoms with Gasteiger partial charge in [0.1, 0.15) is 6.10 Å². The molecule has 6 heteroatoms. The van der Waals surface area contributed by atoms with Gasteiger partial charge in [-0.05, 0) is 6.07 Å². The second kappa shape index (κ2) is 4.26. The van der Waals surface area contributed by atoms with Crippen molar-refractivity contribution in [1.29, 1.82) is 0 Å². The zero-order valence-corrected chi connectivity index (χ0v) is 8.67. The molecule has 1 amide bonds. The minimum absolute atomic E-state index is 0.118. The number of ether oxygens (including phenoxy) is 1. The highest BCUT2D eigenvalue weighted by atomic mass is 16.5. The first-order chi connectivity index (χ1) is 7.65. The Kier molecular flexibility index (Phi) is 2.80. The van der Waals surface area contributed by atoms with Gasteiger partial charge in [0.15, 0.2) is 0 Å². The number of hydrogen-bond acceptors (Lipinski definition) is 4. The lowest BCUT2D eigenvalue weighted by atomic mass is 10.3. The Morgan fingerprint density at radius 3 is 3.00 bits per heavy atom. The molecule has 1 unspecified atom stereocenters. The fourth-order valence-corrected chi connectivity index (χ4v) is 1.63. The highest BCUT2D eigenvalue weighted by molar-refractivity contribution is 5.65. The monoisotopic (exact) mass is 223 g/mol. The smallest absolute Gasteiger partial charge is 0.407 e. The molecule has 1 aliphatic rings. The molecule has 1 aromatic rings. The second-order valence-corrected chi connectivity index (χ2v) is 3.69. The van der Waals surface area contributed by atoms with E-state index in [0.29, 0.717) is 31.1 Å². The Morgan fingerprint density at radius 1 is 1.62 bits per heavy atom. The van der Waals surface area contributed by atoms with Gasteiger partial charge in [0.05, 0.1) is 18.4 Å². The molecule has 1 aromatic heterocycles. The molecule has 2 heterocycles. The van der Waals surface area contributed by atoms with Crippen LogP contribution >= 0.6 is 0 Å². The summed E-state index contributed by atoms with van der Waals surface area (Å²) < 4.78 is 5.54. The molecule has 16 heavy (non-hydrogen) atoms. The van der Waals surface area contributed by atoms with E-state index in [4.69, 9.17) is 15.6 Å². The lowest BCUT2D eigenvalue weighted by Gasteiger charge is -2.13. The topological polar surface area (TPSA) is 88.7 Å². The number of nitrogen functional groups attached to an aromatic ring is 1. The maximum atomic E-state index is 10.7. The van der Waals surface area contributed by atoms with Gasteiger partial charge in [0.2, 0.25) is 5.88 Å². The van der Waals surface area contributed by atoms with E-state index in [2.05, 4.69) is 4.98 Å². The molecule has 0 spiro atoms. The van der Waals surface area contributed by atoms with E-state index in [-0.39, 0.29) is 6.10 Å². The highest BCUT2D eigenvalue weighted by Gasteiger charge is 2.27. The van der Waals surface area contributed by atoms with Crippen LogP contribution in [0, 0.1) is 0 Å². The van der Waals surface area contributed by atoms with E-state index in [0.717, 1.165) is 0 Å². The molecular weight excluding hydrogens is 210 g/mol. The number of amides is 1. The van der Waals surface area contributed by atoms with Crippen molar-refractivity contribution in [2.24, 2.45) is 0 Å². The summed E-state index contributed by atoms with van der Waals surface area (Å²) in [7, 11) is 0. The molecule has 0 aliphatic carbocycles. The molecule has 1 atom stereocenters. The van der Waals surface area contributed by atoms with Crippen molar-refractivity contribution in [3.05, 3.63) is 18.3 Å². The first kappa shape index (κ1) is 10.5. The second-order valence-electron chi connectivity index (χ2n) is 3.69. The van der Waals surface area contributed by atoms with Crippen LogP contribution in [0.1, 0.15) is 6.42 Å². The fraction of sp³-hybridized carbons (Fsp3) is 0.400. The molecule has 1 saturated heterocycles. The maximum absolute atomic E-state index is 10.7. The number of nitrogens with two attached hydrogens (primary N) is 1. The van der Waals surface area contributed by atoms with Crippen LogP contribution < -0.4 is 10.5 Å². The fourth-order valence-electron chi connectivity index (χ4n) is 1.63. The zero-order chi connectivity index (χ0) is 11.5. The largest absolute Gasteiger partial charge is 0.472 e. The normalized spacial score (nSPS) is 19.8. The van der Waals surface area contributed by atoms with Crippen molar-refractivity contribution in [1.82, 2.24) is 9.88 Å². The molecule has 6 nitrogen and oxygen atoms in total. The number of likely N-dealkylation sites (tertiary alicyclic amines) is 1. The third kappa shape index (κ3) is 2.33. The van der Waals surface area contributed by atoms with Crippen molar-refractivity contribution in [2.45, 2.75) is 12.5 Å². The average molecular weight is 223 g/mol. The van der Waals surface area contributed by atoms with E-state index in [1.807, 2.05) is 0 Å². The molecule has 0 radical (unpaired) electrons. The summed E-state index contributed by atoms with van der Waals surface area (Å²) in [6.45, 7) is 0.899. The number of rotatable bonds is 2. The van der Waals surface area contributed by atoms with Crippen molar-refractivity contribution in [2.75, 3.05) is 18.8 Å². The van der Waals surface area contributed by atoms with Gasteiger partial charge in [-0.2, -0.15) is 0 Å². The summed E-state index contributed by atoms with van der Waals surface area (Å²) in [5.41, 5.74) is 6.07. The highest BCUT2D eigenvalue weighted by Crippen LogP contribution is 2.17. The molecule has 1 aliphatic heterocycles. The lowest BCUT2D eigenvalue weighted by Crippen LogP contribution is -2.29. The summed E-state index contributed by atoms with van der Waals surface area (Å²) in [4.78, 5) is 16.0. The Labute approximate surface area is 92.6 Å². The van der Waals surface area contributed by atoms with Gasteiger partial charge < -0.3 is 20.5 Å². The summed E-state index contributed by atoms with van der Waals surface area (Å²) in [6, 6.07) is 3.38. The zero-order valence-electron chi connectivity index (χ0n) is 8.67. The van der Waals surface area contributed by atoms with Crippen LogP contribution in [0.3, 0.4) is 0 Å². The number of carboxylic acid groups (broad SMARTS) is 1. The molecule has 1 fully saturated rings. The summed E-state index contributed by atoms with van der Waals surface area (Å²) in [5.74, 6) is 0.478.